The smallest absolute Gasteiger partial charge is 0.283 e. The van der Waals surface area contributed by atoms with Crippen molar-refractivity contribution in [2.24, 2.45) is 0 Å². The Hall–Kier alpha value is -2.70. The zero-order valence-electron chi connectivity index (χ0n) is 13.8. The second-order valence-corrected chi connectivity index (χ2v) is 6.39. The molecular weight excluding hydrogens is 379 g/mol. The first-order valence-electron chi connectivity index (χ1n) is 7.52. The van der Waals surface area contributed by atoms with E-state index in [1.54, 1.807) is 31.2 Å². The average molecular weight is 393 g/mol. The Balaban J connectivity index is 1.97. The third kappa shape index (κ3) is 3.09. The standard InChI is InChI=1S/C18H14Cl2N2O4/c1-9-3-5-11(8-13(9)23)21-16-15(20)17(24)22(18(16)25)12-7-10(19)4-6-14(12)26-2/h3-8,21,23H,1-2H3. The van der Waals surface area contributed by atoms with Crippen LogP contribution in [0.2, 0.25) is 5.02 Å². The summed E-state index contributed by atoms with van der Waals surface area (Å²) in [6.45, 7) is 1.74. The zero-order chi connectivity index (χ0) is 19.0. The number of aryl methyl sites for hydroxylation is 1. The predicted molar refractivity (Wildman–Crippen MR) is 99.8 cm³/mol. The maximum atomic E-state index is 12.8. The Labute approximate surface area is 159 Å². The van der Waals surface area contributed by atoms with Crippen molar-refractivity contribution in [2.45, 2.75) is 6.92 Å². The summed E-state index contributed by atoms with van der Waals surface area (Å²) in [6.07, 6.45) is 0. The van der Waals surface area contributed by atoms with Crippen molar-refractivity contribution in [3.05, 3.63) is 57.7 Å². The van der Waals surface area contributed by atoms with Crippen LogP contribution in [0.3, 0.4) is 0 Å². The number of hydrogen-bond donors (Lipinski definition) is 2. The molecule has 3 rings (SSSR count). The van der Waals surface area contributed by atoms with E-state index in [0.717, 1.165) is 4.90 Å². The number of carbonyl (C=O) groups excluding carboxylic acids is 2. The van der Waals surface area contributed by atoms with Crippen molar-refractivity contribution < 1.29 is 19.4 Å². The molecule has 0 spiro atoms. The van der Waals surface area contributed by atoms with Gasteiger partial charge >= 0.3 is 0 Å². The number of imide groups is 1. The van der Waals surface area contributed by atoms with E-state index in [1.807, 2.05) is 0 Å². The number of rotatable bonds is 4. The van der Waals surface area contributed by atoms with Crippen molar-refractivity contribution in [3.8, 4) is 11.5 Å². The van der Waals surface area contributed by atoms with Crippen LogP contribution >= 0.6 is 23.2 Å². The van der Waals surface area contributed by atoms with Crippen LogP contribution in [0.4, 0.5) is 11.4 Å². The summed E-state index contributed by atoms with van der Waals surface area (Å²) in [5.74, 6) is -0.997. The molecule has 0 radical (unpaired) electrons. The zero-order valence-corrected chi connectivity index (χ0v) is 15.4. The van der Waals surface area contributed by atoms with Gasteiger partial charge in [-0.15, -0.1) is 0 Å². The van der Waals surface area contributed by atoms with Gasteiger partial charge in [-0.05, 0) is 36.8 Å². The first-order valence-corrected chi connectivity index (χ1v) is 8.28. The number of hydrogen-bond acceptors (Lipinski definition) is 5. The van der Waals surface area contributed by atoms with Gasteiger partial charge in [0.25, 0.3) is 11.8 Å². The molecule has 2 aromatic carbocycles. The van der Waals surface area contributed by atoms with Crippen molar-refractivity contribution in [1.29, 1.82) is 0 Å². The number of amides is 2. The molecule has 2 amide bonds. The summed E-state index contributed by atoms with van der Waals surface area (Å²) in [5, 5.41) is 12.7. The van der Waals surface area contributed by atoms with Gasteiger partial charge in [-0.3, -0.25) is 9.59 Å². The number of anilines is 2. The third-order valence-corrected chi connectivity index (χ3v) is 4.47. The van der Waals surface area contributed by atoms with Gasteiger partial charge in [0.1, 0.15) is 22.2 Å². The minimum atomic E-state index is -0.698. The maximum Gasteiger partial charge on any atom is 0.283 e. The minimum absolute atomic E-state index is 0.0526. The van der Waals surface area contributed by atoms with Crippen LogP contribution in [0, 0.1) is 6.92 Å². The summed E-state index contributed by atoms with van der Waals surface area (Å²) in [5.41, 5.74) is 1.19. The Morgan fingerprint density at radius 1 is 1.08 bits per heavy atom. The topological polar surface area (TPSA) is 78.9 Å². The molecule has 134 valence electrons. The molecule has 0 aromatic heterocycles. The van der Waals surface area contributed by atoms with E-state index in [1.165, 1.54) is 19.2 Å². The molecule has 8 heteroatoms. The highest BCUT2D eigenvalue weighted by Gasteiger charge is 2.40. The Kier molecular flexibility index (Phi) is 4.80. The molecule has 6 nitrogen and oxygen atoms in total. The number of phenolic OH excluding ortho intramolecular Hbond substituents is 1. The molecule has 1 aliphatic heterocycles. The molecule has 2 N–H and O–H groups in total. The maximum absolute atomic E-state index is 12.8. The van der Waals surface area contributed by atoms with Gasteiger partial charge in [0.05, 0.1) is 12.8 Å². The number of ether oxygens (including phenoxy) is 1. The SMILES string of the molecule is COc1ccc(Cl)cc1N1C(=O)C(Cl)=C(Nc2ccc(C)c(O)c2)C1=O. The number of aromatic hydroxyl groups is 1. The highest BCUT2D eigenvalue weighted by atomic mass is 35.5. The van der Waals surface area contributed by atoms with Gasteiger partial charge in [0.15, 0.2) is 0 Å². The van der Waals surface area contributed by atoms with Crippen LogP contribution < -0.4 is 15.0 Å². The summed E-state index contributed by atoms with van der Waals surface area (Å²) in [4.78, 5) is 26.2. The molecule has 0 atom stereocenters. The number of carbonyl (C=O) groups is 2. The Morgan fingerprint density at radius 2 is 1.81 bits per heavy atom. The van der Waals surface area contributed by atoms with E-state index in [9.17, 15) is 14.7 Å². The van der Waals surface area contributed by atoms with E-state index < -0.39 is 11.8 Å². The molecule has 0 fully saturated rings. The van der Waals surface area contributed by atoms with Gasteiger partial charge in [-0.2, -0.15) is 0 Å². The largest absolute Gasteiger partial charge is 0.508 e. The quantitative estimate of drug-likeness (QED) is 0.773. The van der Waals surface area contributed by atoms with E-state index >= 15 is 0 Å². The van der Waals surface area contributed by atoms with E-state index in [2.05, 4.69) is 5.32 Å². The molecule has 0 saturated carbocycles. The van der Waals surface area contributed by atoms with Crippen molar-refractivity contribution in [3.63, 3.8) is 0 Å². The fraction of sp³-hybridized carbons (Fsp3) is 0.111. The summed E-state index contributed by atoms with van der Waals surface area (Å²) in [6, 6.07) is 9.35. The molecular formula is C18H14Cl2N2O4. The van der Waals surface area contributed by atoms with Crippen LogP contribution in [0.1, 0.15) is 5.56 Å². The predicted octanol–water partition coefficient (Wildman–Crippen LogP) is 3.80. The second-order valence-electron chi connectivity index (χ2n) is 5.58. The lowest BCUT2D eigenvalue weighted by atomic mass is 10.2. The van der Waals surface area contributed by atoms with Crippen LogP contribution in [0.25, 0.3) is 0 Å². The highest BCUT2D eigenvalue weighted by molar-refractivity contribution is 6.53. The fourth-order valence-electron chi connectivity index (χ4n) is 2.50. The number of benzene rings is 2. The van der Waals surface area contributed by atoms with Crippen LogP contribution in [0.5, 0.6) is 11.5 Å². The Bertz CT molecular complexity index is 956. The summed E-state index contributed by atoms with van der Waals surface area (Å²) >= 11 is 12.1. The molecule has 0 aliphatic carbocycles. The van der Waals surface area contributed by atoms with Crippen molar-refractivity contribution >= 4 is 46.4 Å². The molecule has 0 unspecified atom stereocenters. The fourth-order valence-corrected chi connectivity index (χ4v) is 2.88. The lowest BCUT2D eigenvalue weighted by Crippen LogP contribution is -2.32. The average Bonchev–Trinajstić information content (AvgIpc) is 2.81. The Morgan fingerprint density at radius 3 is 2.46 bits per heavy atom. The van der Waals surface area contributed by atoms with E-state index in [-0.39, 0.29) is 22.2 Å². The van der Waals surface area contributed by atoms with Gasteiger partial charge in [-0.1, -0.05) is 29.3 Å². The van der Waals surface area contributed by atoms with Gasteiger partial charge in [0, 0.05) is 16.8 Å². The molecule has 2 aromatic rings. The number of halogens is 2. The molecule has 1 heterocycles. The summed E-state index contributed by atoms with van der Waals surface area (Å²) in [7, 11) is 1.42. The van der Waals surface area contributed by atoms with Crippen LogP contribution in [0.15, 0.2) is 47.1 Å². The molecule has 0 saturated heterocycles. The minimum Gasteiger partial charge on any atom is -0.508 e. The van der Waals surface area contributed by atoms with Gasteiger partial charge in [0.2, 0.25) is 0 Å². The second kappa shape index (κ2) is 6.90. The number of phenols is 1. The lowest BCUT2D eigenvalue weighted by Gasteiger charge is -2.18. The molecule has 1 aliphatic rings. The van der Waals surface area contributed by atoms with Gasteiger partial charge in [-0.25, -0.2) is 4.90 Å². The van der Waals surface area contributed by atoms with E-state index in [0.29, 0.717) is 22.0 Å². The van der Waals surface area contributed by atoms with E-state index in [4.69, 9.17) is 27.9 Å². The first-order chi connectivity index (χ1) is 12.3. The third-order valence-electron chi connectivity index (χ3n) is 3.89. The van der Waals surface area contributed by atoms with Gasteiger partial charge < -0.3 is 15.2 Å². The normalized spacial score (nSPS) is 14.2. The van der Waals surface area contributed by atoms with Crippen molar-refractivity contribution in [2.75, 3.05) is 17.3 Å². The summed E-state index contributed by atoms with van der Waals surface area (Å²) < 4.78 is 5.21. The highest BCUT2D eigenvalue weighted by Crippen LogP contribution is 2.37. The molecule has 0 bridgehead atoms. The monoisotopic (exact) mass is 392 g/mol. The molecule has 26 heavy (non-hydrogen) atoms. The lowest BCUT2D eigenvalue weighted by molar-refractivity contribution is -0.120. The van der Waals surface area contributed by atoms with Crippen molar-refractivity contribution in [1.82, 2.24) is 0 Å². The van der Waals surface area contributed by atoms with Crippen LogP contribution in [-0.2, 0) is 9.59 Å². The number of methoxy groups -OCH3 is 1. The van der Waals surface area contributed by atoms with Crippen LogP contribution in [-0.4, -0.2) is 24.0 Å². The number of nitrogens with one attached hydrogen (secondary N) is 1. The first kappa shape index (κ1) is 18.1. The number of nitrogens with zero attached hydrogens (tertiary/aromatic N) is 1.